The topological polar surface area (TPSA) is 52.0 Å². The first-order chi connectivity index (χ1) is 5.22. The lowest BCUT2D eigenvalue weighted by Crippen LogP contribution is -2.29. The molecule has 0 aromatic heterocycles. The highest BCUT2D eigenvalue weighted by atomic mass is 14.7. The van der Waals surface area contributed by atoms with E-state index in [9.17, 15) is 0 Å². The molecule has 0 aromatic carbocycles. The molecule has 0 heterocycles. The van der Waals surface area contributed by atoms with Crippen molar-refractivity contribution in [1.29, 1.82) is 0 Å². The van der Waals surface area contributed by atoms with E-state index in [1.807, 2.05) is 0 Å². The summed E-state index contributed by atoms with van der Waals surface area (Å²) in [6.07, 6.45) is 5.93. The van der Waals surface area contributed by atoms with Crippen LogP contribution in [0.15, 0.2) is 0 Å². The van der Waals surface area contributed by atoms with Crippen LogP contribution in [-0.2, 0) is 0 Å². The van der Waals surface area contributed by atoms with Crippen molar-refractivity contribution < 1.29 is 0 Å². The van der Waals surface area contributed by atoms with Crippen LogP contribution in [0.25, 0.3) is 0 Å². The molecule has 0 spiro atoms. The van der Waals surface area contributed by atoms with Gasteiger partial charge in [0.1, 0.15) is 0 Å². The molecule has 2 nitrogen and oxygen atoms in total. The molecule has 1 fully saturated rings. The summed E-state index contributed by atoms with van der Waals surface area (Å²) < 4.78 is 0. The highest BCUT2D eigenvalue weighted by molar-refractivity contribution is 4.79. The van der Waals surface area contributed by atoms with Crippen LogP contribution in [0, 0.1) is 5.92 Å². The Labute approximate surface area is 69.3 Å². The molecule has 66 valence electrons. The summed E-state index contributed by atoms with van der Waals surface area (Å²) in [6.45, 7) is 2.24. The molecule has 0 aromatic rings. The molecule has 1 rings (SSSR count). The van der Waals surface area contributed by atoms with Gasteiger partial charge in [0.25, 0.3) is 0 Å². The van der Waals surface area contributed by atoms with Gasteiger partial charge in [0, 0.05) is 12.1 Å². The minimum absolute atomic E-state index is 0.359. The predicted octanol–water partition coefficient (Wildman–Crippen LogP) is 1.24. The highest BCUT2D eigenvalue weighted by Crippen LogP contribution is 2.23. The molecule has 0 radical (unpaired) electrons. The summed E-state index contributed by atoms with van der Waals surface area (Å²) in [4.78, 5) is 0. The Morgan fingerprint density at radius 3 is 2.45 bits per heavy atom. The zero-order valence-electron chi connectivity index (χ0n) is 7.42. The molecule has 0 amide bonds. The fourth-order valence-corrected chi connectivity index (χ4v) is 1.97. The number of hydrogen-bond acceptors (Lipinski definition) is 2. The standard InChI is InChI=1S/C9H20N2/c1-2-7-3-4-8(10)6-9(11)5-7/h7-9H,2-6,10-11H2,1H3/t7-,8+,9-/m1/s1. The molecule has 1 aliphatic rings. The average Bonchev–Trinajstić information content (AvgIpc) is 2.11. The minimum atomic E-state index is 0.359. The molecule has 3 atom stereocenters. The van der Waals surface area contributed by atoms with Crippen molar-refractivity contribution in [2.24, 2.45) is 17.4 Å². The van der Waals surface area contributed by atoms with Crippen molar-refractivity contribution in [3.63, 3.8) is 0 Å². The van der Waals surface area contributed by atoms with E-state index < -0.39 is 0 Å². The second-order valence-corrected chi connectivity index (χ2v) is 3.84. The van der Waals surface area contributed by atoms with Crippen molar-refractivity contribution in [1.82, 2.24) is 0 Å². The van der Waals surface area contributed by atoms with E-state index in [-0.39, 0.29) is 0 Å². The van der Waals surface area contributed by atoms with Crippen LogP contribution < -0.4 is 11.5 Å². The molecule has 1 saturated carbocycles. The molecule has 2 heteroatoms. The number of rotatable bonds is 1. The summed E-state index contributed by atoms with van der Waals surface area (Å²) in [5.74, 6) is 0.832. The van der Waals surface area contributed by atoms with Crippen molar-refractivity contribution in [2.75, 3.05) is 0 Å². The zero-order chi connectivity index (χ0) is 8.27. The van der Waals surface area contributed by atoms with Crippen LogP contribution in [-0.4, -0.2) is 12.1 Å². The van der Waals surface area contributed by atoms with E-state index >= 15 is 0 Å². The molecular weight excluding hydrogens is 136 g/mol. The Balaban J connectivity index is 2.39. The minimum Gasteiger partial charge on any atom is -0.328 e. The Morgan fingerprint density at radius 1 is 1.09 bits per heavy atom. The van der Waals surface area contributed by atoms with E-state index in [4.69, 9.17) is 11.5 Å². The third-order valence-electron chi connectivity index (χ3n) is 2.76. The van der Waals surface area contributed by atoms with Gasteiger partial charge in [0.15, 0.2) is 0 Å². The summed E-state index contributed by atoms with van der Waals surface area (Å²) in [7, 11) is 0. The summed E-state index contributed by atoms with van der Waals surface area (Å²) >= 11 is 0. The molecule has 0 unspecified atom stereocenters. The van der Waals surface area contributed by atoms with Gasteiger partial charge in [-0.3, -0.25) is 0 Å². The molecule has 0 aliphatic heterocycles. The number of nitrogens with two attached hydrogens (primary N) is 2. The maximum Gasteiger partial charge on any atom is 0.00561 e. The van der Waals surface area contributed by atoms with Gasteiger partial charge in [-0.15, -0.1) is 0 Å². The van der Waals surface area contributed by atoms with Gasteiger partial charge in [-0.1, -0.05) is 13.3 Å². The Hall–Kier alpha value is -0.0800. The quantitative estimate of drug-likeness (QED) is 0.561. The number of hydrogen-bond donors (Lipinski definition) is 2. The van der Waals surface area contributed by atoms with E-state index in [2.05, 4.69) is 6.92 Å². The van der Waals surface area contributed by atoms with Crippen molar-refractivity contribution in [2.45, 2.75) is 51.1 Å². The SMILES string of the molecule is CC[C@@H]1CC[C@H](N)C[C@H](N)C1. The lowest BCUT2D eigenvalue weighted by Gasteiger charge is -2.14. The maximum atomic E-state index is 5.91. The summed E-state index contributed by atoms with van der Waals surface area (Å²) in [5.41, 5.74) is 11.8. The van der Waals surface area contributed by atoms with E-state index in [0.29, 0.717) is 12.1 Å². The smallest absolute Gasteiger partial charge is 0.00561 e. The molecule has 1 aliphatic carbocycles. The lowest BCUT2D eigenvalue weighted by atomic mass is 9.96. The molecule has 11 heavy (non-hydrogen) atoms. The van der Waals surface area contributed by atoms with E-state index in [1.54, 1.807) is 0 Å². The highest BCUT2D eigenvalue weighted by Gasteiger charge is 2.19. The van der Waals surface area contributed by atoms with Gasteiger partial charge in [0.05, 0.1) is 0 Å². The average molecular weight is 156 g/mol. The van der Waals surface area contributed by atoms with Crippen molar-refractivity contribution in [3.8, 4) is 0 Å². The van der Waals surface area contributed by atoms with Crippen molar-refractivity contribution >= 4 is 0 Å². The maximum absolute atomic E-state index is 5.91. The van der Waals surface area contributed by atoms with Crippen LogP contribution in [0.1, 0.15) is 39.0 Å². The normalized spacial score (nSPS) is 40.1. The Kier molecular flexibility index (Phi) is 3.34. The first-order valence-corrected chi connectivity index (χ1v) is 4.73. The van der Waals surface area contributed by atoms with Gasteiger partial charge >= 0.3 is 0 Å². The second kappa shape index (κ2) is 4.07. The third-order valence-corrected chi connectivity index (χ3v) is 2.76. The van der Waals surface area contributed by atoms with Crippen LogP contribution in [0.3, 0.4) is 0 Å². The zero-order valence-corrected chi connectivity index (χ0v) is 7.42. The molecule has 0 bridgehead atoms. The fourth-order valence-electron chi connectivity index (χ4n) is 1.97. The van der Waals surface area contributed by atoms with Crippen LogP contribution in [0.5, 0.6) is 0 Å². The van der Waals surface area contributed by atoms with Gasteiger partial charge in [0.2, 0.25) is 0 Å². The second-order valence-electron chi connectivity index (χ2n) is 3.84. The predicted molar refractivity (Wildman–Crippen MR) is 48.2 cm³/mol. The fraction of sp³-hybridized carbons (Fsp3) is 1.00. The van der Waals surface area contributed by atoms with E-state index in [0.717, 1.165) is 12.3 Å². The summed E-state index contributed by atoms with van der Waals surface area (Å²) in [6, 6.07) is 0.721. The van der Waals surface area contributed by atoms with Gasteiger partial charge in [-0.2, -0.15) is 0 Å². The Morgan fingerprint density at radius 2 is 1.82 bits per heavy atom. The van der Waals surface area contributed by atoms with Gasteiger partial charge in [-0.05, 0) is 31.6 Å². The summed E-state index contributed by atoms with van der Waals surface area (Å²) in [5, 5.41) is 0. The van der Waals surface area contributed by atoms with Crippen LogP contribution in [0.2, 0.25) is 0 Å². The third kappa shape index (κ3) is 2.80. The monoisotopic (exact) mass is 156 g/mol. The van der Waals surface area contributed by atoms with Crippen LogP contribution >= 0.6 is 0 Å². The van der Waals surface area contributed by atoms with Crippen molar-refractivity contribution in [3.05, 3.63) is 0 Å². The Bertz CT molecular complexity index is 114. The first-order valence-electron chi connectivity index (χ1n) is 4.73. The lowest BCUT2D eigenvalue weighted by molar-refractivity contribution is 0.421. The largest absolute Gasteiger partial charge is 0.328 e. The van der Waals surface area contributed by atoms with Gasteiger partial charge in [-0.25, -0.2) is 0 Å². The first kappa shape index (κ1) is 9.01. The molecule has 4 N–H and O–H groups in total. The van der Waals surface area contributed by atoms with E-state index in [1.165, 1.54) is 25.7 Å². The molecule has 0 saturated heterocycles. The van der Waals surface area contributed by atoms with Gasteiger partial charge < -0.3 is 11.5 Å². The van der Waals surface area contributed by atoms with Crippen LogP contribution in [0.4, 0.5) is 0 Å². The molecular formula is C9H20N2.